The first-order valence-corrected chi connectivity index (χ1v) is 25.5. The molecule has 0 bridgehead atoms. The number of allylic oxidation sites excluding steroid dienone is 4. The van der Waals surface area contributed by atoms with E-state index in [9.17, 15) is 19.0 Å². The molecule has 0 saturated heterocycles. The number of hydrogen-bond donors (Lipinski definition) is 0. The molecule has 9 nitrogen and oxygen atoms in total. The summed E-state index contributed by atoms with van der Waals surface area (Å²) in [6.45, 7) is 4.20. The maximum Gasteiger partial charge on any atom is 0.306 e. The Morgan fingerprint density at radius 3 is 1.41 bits per heavy atom. The lowest BCUT2D eigenvalue weighted by Gasteiger charge is -2.28. The molecular weight excluding hydrogens is 750 g/mol. The molecule has 1 unspecified atom stereocenters. The van der Waals surface area contributed by atoms with Crippen LogP contribution in [0.4, 0.5) is 0 Å². The van der Waals surface area contributed by atoms with E-state index >= 15 is 0 Å². The van der Waals surface area contributed by atoms with Crippen LogP contribution >= 0.6 is 7.82 Å². The molecule has 10 heteroatoms. The summed E-state index contributed by atoms with van der Waals surface area (Å²) in [6, 6.07) is 0. The average Bonchev–Trinajstić information content (AvgIpc) is 3.17. The third kappa shape index (κ3) is 44.1. The van der Waals surface area contributed by atoms with Crippen molar-refractivity contribution in [3.8, 4) is 0 Å². The molecule has 0 saturated carbocycles. The Hall–Kier alpha value is -1.51. The highest BCUT2D eigenvalue weighted by Crippen LogP contribution is 2.38. The molecule has 0 spiro atoms. The molecule has 0 aromatic carbocycles. The van der Waals surface area contributed by atoms with Crippen LogP contribution in [0, 0.1) is 0 Å². The first-order valence-electron chi connectivity index (χ1n) is 24.0. The molecule has 0 aromatic rings. The fraction of sp³-hybridized carbons (Fsp3) is 0.875. The Kier molecular flexibility index (Phi) is 39.8. The number of unbranched alkanes of at least 4 members (excludes halogenated alkanes) is 26. The van der Waals surface area contributed by atoms with Gasteiger partial charge in [-0.25, -0.2) is 0 Å². The number of quaternary nitrogens is 1. The number of phosphoric ester groups is 1. The van der Waals surface area contributed by atoms with Gasteiger partial charge in [0.2, 0.25) is 0 Å². The number of rotatable bonds is 44. The van der Waals surface area contributed by atoms with Gasteiger partial charge in [-0.2, -0.15) is 0 Å². The lowest BCUT2D eigenvalue weighted by Crippen LogP contribution is -2.37. The van der Waals surface area contributed by atoms with Gasteiger partial charge >= 0.3 is 11.9 Å². The van der Waals surface area contributed by atoms with Crippen molar-refractivity contribution >= 4 is 19.8 Å². The topological polar surface area (TPSA) is 111 Å². The lowest BCUT2D eigenvalue weighted by atomic mass is 10.0. The molecule has 0 heterocycles. The van der Waals surface area contributed by atoms with Gasteiger partial charge in [-0.05, 0) is 38.5 Å². The maximum absolute atomic E-state index is 12.7. The number of likely N-dealkylation sites (N-methyl/N-ethyl adjacent to an activating group) is 1. The standard InChI is InChI=1S/C48H92NO8P/c1-6-8-10-12-14-16-18-20-22-23-24-25-26-27-29-31-33-35-37-39-41-48(51)57-46(45-56-58(52,53)55-43-42-49(3,4)5)44-54-47(50)40-38-36-34-32-30-28-21-19-17-15-13-11-9-7-2/h13,15,19,21,46H,6-12,14,16-18,20,22-45H2,1-5H3/b15-13+,21-19+/t46-/m1/s1. The summed E-state index contributed by atoms with van der Waals surface area (Å²) < 4.78 is 34.0. The van der Waals surface area contributed by atoms with Crippen molar-refractivity contribution in [2.24, 2.45) is 0 Å². The SMILES string of the molecule is CCCC/C=C/C/C=C/CCCCCCCC(=O)OC[C@H](COP(=O)([O-])OCC[N+](C)(C)C)OC(=O)CCCCCCCCCCCCCCCCCCCCCC. The Labute approximate surface area is 358 Å². The zero-order valence-electron chi connectivity index (χ0n) is 38.5. The predicted molar refractivity (Wildman–Crippen MR) is 241 cm³/mol. The summed E-state index contributed by atoms with van der Waals surface area (Å²) in [6.07, 6.45) is 44.9. The molecule has 0 aliphatic carbocycles. The number of esters is 2. The lowest BCUT2D eigenvalue weighted by molar-refractivity contribution is -0.870. The van der Waals surface area contributed by atoms with Crippen LogP contribution in [0.25, 0.3) is 0 Å². The third-order valence-corrected chi connectivity index (χ3v) is 11.4. The van der Waals surface area contributed by atoms with Gasteiger partial charge in [0.1, 0.15) is 19.8 Å². The molecular formula is C48H92NO8P. The minimum Gasteiger partial charge on any atom is -0.756 e. The zero-order valence-corrected chi connectivity index (χ0v) is 39.4. The highest BCUT2D eigenvalue weighted by Gasteiger charge is 2.21. The minimum atomic E-state index is -4.63. The first kappa shape index (κ1) is 56.5. The molecule has 0 aliphatic rings. The normalized spacial score (nSPS) is 13.7. The van der Waals surface area contributed by atoms with Crippen molar-refractivity contribution in [1.82, 2.24) is 0 Å². The molecule has 0 fully saturated rings. The van der Waals surface area contributed by atoms with Crippen LogP contribution in [0.15, 0.2) is 24.3 Å². The van der Waals surface area contributed by atoms with Crippen LogP contribution in [0.1, 0.15) is 219 Å². The van der Waals surface area contributed by atoms with Crippen LogP contribution < -0.4 is 4.89 Å². The van der Waals surface area contributed by atoms with Crippen molar-refractivity contribution in [1.29, 1.82) is 0 Å². The number of carbonyl (C=O) groups is 2. The monoisotopic (exact) mass is 842 g/mol. The number of hydrogen-bond acceptors (Lipinski definition) is 8. The van der Waals surface area contributed by atoms with E-state index in [4.69, 9.17) is 18.5 Å². The Bertz CT molecular complexity index is 1040. The fourth-order valence-corrected chi connectivity index (χ4v) is 7.40. The van der Waals surface area contributed by atoms with Crippen molar-refractivity contribution < 1.29 is 42.1 Å². The summed E-state index contributed by atoms with van der Waals surface area (Å²) >= 11 is 0. The van der Waals surface area contributed by atoms with Crippen LogP contribution in [0.5, 0.6) is 0 Å². The Morgan fingerprint density at radius 1 is 0.534 bits per heavy atom. The van der Waals surface area contributed by atoms with Gasteiger partial charge < -0.3 is 27.9 Å². The molecule has 0 rings (SSSR count). The van der Waals surface area contributed by atoms with E-state index in [1.165, 1.54) is 122 Å². The van der Waals surface area contributed by atoms with E-state index in [2.05, 4.69) is 38.2 Å². The average molecular weight is 842 g/mol. The number of nitrogens with zero attached hydrogens (tertiary/aromatic N) is 1. The smallest absolute Gasteiger partial charge is 0.306 e. The largest absolute Gasteiger partial charge is 0.756 e. The fourth-order valence-electron chi connectivity index (χ4n) is 6.67. The van der Waals surface area contributed by atoms with Crippen LogP contribution in [0.3, 0.4) is 0 Å². The maximum atomic E-state index is 12.7. The van der Waals surface area contributed by atoms with Crippen LogP contribution in [0.2, 0.25) is 0 Å². The van der Waals surface area contributed by atoms with E-state index in [1.807, 2.05) is 21.1 Å². The van der Waals surface area contributed by atoms with Gasteiger partial charge in [0.25, 0.3) is 7.82 Å². The highest BCUT2D eigenvalue weighted by atomic mass is 31.2. The van der Waals surface area contributed by atoms with Gasteiger partial charge in [0, 0.05) is 12.8 Å². The highest BCUT2D eigenvalue weighted by molar-refractivity contribution is 7.45. The molecule has 0 aromatic heterocycles. The summed E-state index contributed by atoms with van der Waals surface area (Å²) in [5.74, 6) is -0.841. The van der Waals surface area contributed by atoms with Crippen LogP contribution in [-0.2, 0) is 32.7 Å². The summed E-state index contributed by atoms with van der Waals surface area (Å²) in [4.78, 5) is 37.6. The van der Waals surface area contributed by atoms with Gasteiger partial charge in [-0.15, -0.1) is 0 Å². The van der Waals surface area contributed by atoms with Gasteiger partial charge in [0.05, 0.1) is 27.7 Å². The second-order valence-electron chi connectivity index (χ2n) is 17.5. The molecule has 58 heavy (non-hydrogen) atoms. The van der Waals surface area contributed by atoms with Gasteiger partial charge in [0.15, 0.2) is 6.10 Å². The van der Waals surface area contributed by atoms with E-state index in [0.717, 1.165) is 57.8 Å². The van der Waals surface area contributed by atoms with E-state index in [-0.39, 0.29) is 26.1 Å². The van der Waals surface area contributed by atoms with Crippen molar-refractivity contribution in [2.45, 2.75) is 225 Å². The van der Waals surface area contributed by atoms with E-state index < -0.39 is 32.5 Å². The molecule has 342 valence electrons. The minimum absolute atomic E-state index is 0.0311. The molecule has 0 radical (unpaired) electrons. The molecule has 2 atom stereocenters. The molecule has 0 N–H and O–H groups in total. The van der Waals surface area contributed by atoms with Crippen LogP contribution in [-0.4, -0.2) is 70.0 Å². The number of phosphoric acid groups is 1. The molecule has 0 aliphatic heterocycles. The molecule has 0 amide bonds. The Balaban J connectivity index is 4.26. The van der Waals surface area contributed by atoms with Crippen molar-refractivity contribution in [3.05, 3.63) is 24.3 Å². The summed E-state index contributed by atoms with van der Waals surface area (Å²) in [5, 5.41) is 0. The van der Waals surface area contributed by atoms with Crippen molar-refractivity contribution in [3.63, 3.8) is 0 Å². The second kappa shape index (κ2) is 40.9. The zero-order chi connectivity index (χ0) is 42.8. The third-order valence-electron chi connectivity index (χ3n) is 10.5. The second-order valence-corrected chi connectivity index (χ2v) is 18.9. The Morgan fingerprint density at radius 2 is 0.948 bits per heavy atom. The van der Waals surface area contributed by atoms with Crippen molar-refractivity contribution in [2.75, 3.05) is 47.5 Å². The number of ether oxygens (including phenoxy) is 2. The number of carbonyl (C=O) groups excluding carboxylic acids is 2. The summed E-state index contributed by atoms with van der Waals surface area (Å²) in [7, 11) is 1.17. The van der Waals surface area contributed by atoms with Gasteiger partial charge in [-0.1, -0.05) is 192 Å². The van der Waals surface area contributed by atoms with Gasteiger partial charge in [-0.3, -0.25) is 14.2 Å². The van der Waals surface area contributed by atoms with E-state index in [0.29, 0.717) is 23.9 Å². The first-order chi connectivity index (χ1) is 28.0. The summed E-state index contributed by atoms with van der Waals surface area (Å²) in [5.41, 5.74) is 0. The van der Waals surface area contributed by atoms with E-state index in [1.54, 1.807) is 0 Å². The quantitative estimate of drug-likeness (QED) is 0.0196. The predicted octanol–water partition coefficient (Wildman–Crippen LogP) is 13.3.